The molecule has 2 rings (SSSR count). The van der Waals surface area contributed by atoms with Crippen LogP contribution in [-0.2, 0) is 4.74 Å². The quantitative estimate of drug-likeness (QED) is 0.659. The summed E-state index contributed by atoms with van der Waals surface area (Å²) in [5.41, 5.74) is 0.509. The fraction of sp³-hybridized carbons (Fsp3) is 0.545. The van der Waals surface area contributed by atoms with Gasteiger partial charge in [0.1, 0.15) is 11.9 Å². The van der Waals surface area contributed by atoms with Crippen molar-refractivity contribution in [3.63, 3.8) is 0 Å². The molecule has 104 valence electrons. The summed E-state index contributed by atoms with van der Waals surface area (Å²) < 4.78 is 6.21. The molecule has 0 aromatic carbocycles. The van der Waals surface area contributed by atoms with Gasteiger partial charge < -0.3 is 15.0 Å². The lowest BCUT2D eigenvalue weighted by molar-refractivity contribution is -0.384. The third kappa shape index (κ3) is 3.40. The zero-order valence-electron chi connectivity index (χ0n) is 10.5. The van der Waals surface area contributed by atoms with E-state index in [1.165, 1.54) is 6.20 Å². The first-order chi connectivity index (χ1) is 9.09. The highest BCUT2D eigenvalue weighted by Gasteiger charge is 2.24. The van der Waals surface area contributed by atoms with Gasteiger partial charge in [-0.3, -0.25) is 15.1 Å². The zero-order chi connectivity index (χ0) is 13.8. The minimum Gasteiger partial charge on any atom is -0.374 e. The highest BCUT2D eigenvalue weighted by atomic mass is 79.9. The molecule has 0 amide bonds. The number of anilines is 1. The summed E-state index contributed by atoms with van der Waals surface area (Å²) in [6, 6.07) is 0. The molecule has 1 N–H and O–H groups in total. The average Bonchev–Trinajstić information content (AvgIpc) is 2.39. The smallest absolute Gasteiger partial charge is 0.311 e. The number of hydrogen-bond acceptors (Lipinski definition) is 6. The van der Waals surface area contributed by atoms with E-state index >= 15 is 0 Å². The van der Waals surface area contributed by atoms with Crippen LogP contribution in [0.1, 0.15) is 0 Å². The summed E-state index contributed by atoms with van der Waals surface area (Å²) in [6.45, 7) is 2.84. The number of pyridine rings is 1. The van der Waals surface area contributed by atoms with Crippen molar-refractivity contribution >= 4 is 27.3 Å². The Bertz CT molecular complexity index is 465. The summed E-state index contributed by atoms with van der Waals surface area (Å²) in [5.74, 6) is 0. The standard InChI is InChI=1S/C11H15BrN4O3/c1-15(7-8-4-13-2-3-19-8)11-9(12)5-14-6-10(11)16(17)18/h5-6,8,13H,2-4,7H2,1H3. The minimum atomic E-state index is -0.427. The van der Waals surface area contributed by atoms with Gasteiger partial charge in [0.25, 0.3) is 0 Å². The molecule has 0 saturated carbocycles. The molecule has 1 aromatic rings. The van der Waals surface area contributed by atoms with Crippen molar-refractivity contribution in [3.05, 3.63) is 27.0 Å². The van der Waals surface area contributed by atoms with Crippen LogP contribution in [0.25, 0.3) is 0 Å². The SMILES string of the molecule is CN(CC1CNCCO1)c1c(Br)cncc1[N+](=O)[O-]. The molecule has 8 heteroatoms. The molecule has 7 nitrogen and oxygen atoms in total. The normalized spacial score (nSPS) is 19.2. The van der Waals surface area contributed by atoms with E-state index in [4.69, 9.17) is 4.74 Å². The number of hydrogen-bond donors (Lipinski definition) is 1. The molecule has 0 aliphatic carbocycles. The first-order valence-electron chi connectivity index (χ1n) is 5.91. The van der Waals surface area contributed by atoms with E-state index in [0.29, 0.717) is 23.3 Å². The van der Waals surface area contributed by atoms with Crippen molar-refractivity contribution < 1.29 is 9.66 Å². The second-order valence-electron chi connectivity index (χ2n) is 4.32. The van der Waals surface area contributed by atoms with Crippen molar-refractivity contribution in [3.8, 4) is 0 Å². The van der Waals surface area contributed by atoms with Gasteiger partial charge in [-0.2, -0.15) is 0 Å². The van der Waals surface area contributed by atoms with Gasteiger partial charge in [0.2, 0.25) is 0 Å². The van der Waals surface area contributed by atoms with Crippen LogP contribution < -0.4 is 10.2 Å². The van der Waals surface area contributed by atoms with Gasteiger partial charge in [0, 0.05) is 32.9 Å². The lowest BCUT2D eigenvalue weighted by atomic mass is 10.2. The predicted octanol–water partition coefficient (Wildman–Crippen LogP) is 1.18. The molecule has 2 heterocycles. The second-order valence-corrected chi connectivity index (χ2v) is 5.18. The van der Waals surface area contributed by atoms with Crippen LogP contribution in [0.5, 0.6) is 0 Å². The molecule has 0 radical (unpaired) electrons. The monoisotopic (exact) mass is 330 g/mol. The number of nitrogens with zero attached hydrogens (tertiary/aromatic N) is 3. The molecule has 1 aliphatic rings. The maximum atomic E-state index is 11.0. The maximum Gasteiger partial charge on any atom is 0.311 e. The molecule has 0 spiro atoms. The zero-order valence-corrected chi connectivity index (χ0v) is 12.1. The van der Waals surface area contributed by atoms with E-state index in [9.17, 15) is 10.1 Å². The maximum absolute atomic E-state index is 11.0. The molecular formula is C11H15BrN4O3. The molecule has 1 aliphatic heterocycles. The van der Waals surface area contributed by atoms with Crippen molar-refractivity contribution in [2.75, 3.05) is 38.2 Å². The van der Waals surface area contributed by atoms with E-state index in [2.05, 4.69) is 26.2 Å². The first-order valence-corrected chi connectivity index (χ1v) is 6.70. The number of ether oxygens (including phenoxy) is 1. The highest BCUT2D eigenvalue weighted by Crippen LogP contribution is 2.33. The Hall–Kier alpha value is -1.25. The lowest BCUT2D eigenvalue weighted by Gasteiger charge is -2.29. The molecular weight excluding hydrogens is 316 g/mol. The van der Waals surface area contributed by atoms with Gasteiger partial charge in [-0.05, 0) is 15.9 Å². The summed E-state index contributed by atoms with van der Waals surface area (Å²) in [6.07, 6.45) is 2.84. The van der Waals surface area contributed by atoms with Crippen LogP contribution in [0.2, 0.25) is 0 Å². The van der Waals surface area contributed by atoms with Crippen LogP contribution in [0.3, 0.4) is 0 Å². The predicted molar refractivity (Wildman–Crippen MR) is 74.5 cm³/mol. The van der Waals surface area contributed by atoms with Crippen molar-refractivity contribution in [1.29, 1.82) is 0 Å². The van der Waals surface area contributed by atoms with E-state index < -0.39 is 4.92 Å². The molecule has 1 aromatic heterocycles. The summed E-state index contributed by atoms with van der Waals surface area (Å²) in [5, 5.41) is 14.3. The Labute approximate surface area is 119 Å². The number of likely N-dealkylation sites (N-methyl/N-ethyl adjacent to an activating group) is 1. The van der Waals surface area contributed by atoms with Gasteiger partial charge in [-0.25, -0.2) is 0 Å². The van der Waals surface area contributed by atoms with Gasteiger partial charge in [-0.15, -0.1) is 0 Å². The van der Waals surface area contributed by atoms with Gasteiger partial charge >= 0.3 is 5.69 Å². The Balaban J connectivity index is 2.17. The Kier molecular flexibility index (Phi) is 4.67. The number of morpholine rings is 1. The van der Waals surface area contributed by atoms with Gasteiger partial charge in [0.05, 0.1) is 22.1 Å². The van der Waals surface area contributed by atoms with Crippen LogP contribution >= 0.6 is 15.9 Å². The van der Waals surface area contributed by atoms with E-state index in [-0.39, 0.29) is 11.8 Å². The Morgan fingerprint density at radius 2 is 2.47 bits per heavy atom. The molecule has 1 atom stereocenters. The number of aromatic nitrogens is 1. The Morgan fingerprint density at radius 3 is 3.11 bits per heavy atom. The van der Waals surface area contributed by atoms with Crippen LogP contribution in [0.4, 0.5) is 11.4 Å². The summed E-state index contributed by atoms with van der Waals surface area (Å²) >= 11 is 3.32. The van der Waals surface area contributed by atoms with Crippen molar-refractivity contribution in [2.45, 2.75) is 6.10 Å². The van der Waals surface area contributed by atoms with E-state index in [0.717, 1.165) is 13.1 Å². The minimum absolute atomic E-state index is 0.0133. The molecule has 0 bridgehead atoms. The average molecular weight is 331 g/mol. The van der Waals surface area contributed by atoms with E-state index in [1.54, 1.807) is 6.20 Å². The molecule has 1 unspecified atom stereocenters. The third-order valence-electron chi connectivity index (χ3n) is 2.91. The van der Waals surface area contributed by atoms with Crippen molar-refractivity contribution in [1.82, 2.24) is 10.3 Å². The van der Waals surface area contributed by atoms with Gasteiger partial charge in [-0.1, -0.05) is 0 Å². The Morgan fingerprint density at radius 1 is 1.68 bits per heavy atom. The second kappa shape index (κ2) is 6.27. The fourth-order valence-electron chi connectivity index (χ4n) is 2.06. The summed E-state index contributed by atoms with van der Waals surface area (Å²) in [7, 11) is 1.81. The number of halogens is 1. The lowest BCUT2D eigenvalue weighted by Crippen LogP contribution is -2.44. The molecule has 19 heavy (non-hydrogen) atoms. The largest absolute Gasteiger partial charge is 0.374 e. The highest BCUT2D eigenvalue weighted by molar-refractivity contribution is 9.10. The van der Waals surface area contributed by atoms with Crippen LogP contribution in [-0.4, -0.2) is 49.3 Å². The topological polar surface area (TPSA) is 80.5 Å². The van der Waals surface area contributed by atoms with E-state index in [1.807, 2.05) is 11.9 Å². The molecule has 1 fully saturated rings. The summed E-state index contributed by atoms with van der Waals surface area (Å²) in [4.78, 5) is 16.3. The third-order valence-corrected chi connectivity index (χ3v) is 3.49. The molecule has 1 saturated heterocycles. The van der Waals surface area contributed by atoms with Crippen molar-refractivity contribution in [2.24, 2.45) is 0 Å². The van der Waals surface area contributed by atoms with Crippen LogP contribution in [0, 0.1) is 10.1 Å². The number of nitro groups is 1. The number of rotatable bonds is 4. The first kappa shape index (κ1) is 14.2. The number of nitrogens with one attached hydrogen (secondary N) is 1. The van der Waals surface area contributed by atoms with Crippen LogP contribution in [0.15, 0.2) is 16.9 Å². The fourth-order valence-corrected chi connectivity index (χ4v) is 2.69. The van der Waals surface area contributed by atoms with Gasteiger partial charge in [0.15, 0.2) is 0 Å².